The summed E-state index contributed by atoms with van der Waals surface area (Å²) in [5, 5.41) is 14.4. The van der Waals surface area contributed by atoms with Crippen LogP contribution in [0.1, 0.15) is 11.1 Å². The van der Waals surface area contributed by atoms with E-state index in [1.54, 1.807) is 18.3 Å². The van der Waals surface area contributed by atoms with Gasteiger partial charge in [0.05, 0.1) is 17.6 Å². The molecule has 0 unspecified atom stereocenters. The van der Waals surface area contributed by atoms with Gasteiger partial charge in [0.2, 0.25) is 5.91 Å². The molecule has 1 amide bonds. The summed E-state index contributed by atoms with van der Waals surface area (Å²) in [6.45, 7) is 0. The number of hydrogen-bond acceptors (Lipinski definition) is 4. The van der Waals surface area contributed by atoms with E-state index in [2.05, 4.69) is 26.5 Å². The van der Waals surface area contributed by atoms with Crippen LogP contribution in [0.3, 0.4) is 0 Å². The largest absolute Gasteiger partial charge is 0.273 e. The number of halogens is 1. The van der Waals surface area contributed by atoms with Crippen molar-refractivity contribution in [2.75, 3.05) is 0 Å². The van der Waals surface area contributed by atoms with Gasteiger partial charge in [0.1, 0.15) is 0 Å². The van der Waals surface area contributed by atoms with Crippen LogP contribution in [0.4, 0.5) is 5.69 Å². The average molecular weight is 362 g/mol. The topological polar surface area (TPSA) is 84.6 Å². The number of carbonyl (C=O) groups is 1. The van der Waals surface area contributed by atoms with Gasteiger partial charge in [-0.2, -0.15) is 5.10 Å². The van der Waals surface area contributed by atoms with Gasteiger partial charge in [-0.25, -0.2) is 5.43 Å². The first kappa shape index (κ1) is 15.8. The molecule has 0 aliphatic rings. The van der Waals surface area contributed by atoms with Gasteiger partial charge in [-0.15, -0.1) is 0 Å². The predicted octanol–water partition coefficient (Wildman–Crippen LogP) is 3.05. The smallest absolute Gasteiger partial charge is 0.269 e. The Hall–Kier alpha value is -2.54. The third-order valence-electron chi connectivity index (χ3n) is 2.76. The number of nitro benzene ring substituents is 1. The summed E-state index contributed by atoms with van der Waals surface area (Å²) in [7, 11) is 0. The van der Waals surface area contributed by atoms with Crippen LogP contribution < -0.4 is 5.43 Å². The van der Waals surface area contributed by atoms with Crippen LogP contribution in [0.15, 0.2) is 58.1 Å². The van der Waals surface area contributed by atoms with Crippen molar-refractivity contribution in [2.45, 2.75) is 6.42 Å². The van der Waals surface area contributed by atoms with Crippen molar-refractivity contribution in [1.29, 1.82) is 0 Å². The molecule has 0 heterocycles. The number of amides is 1. The van der Waals surface area contributed by atoms with E-state index < -0.39 is 4.92 Å². The highest BCUT2D eigenvalue weighted by Crippen LogP contribution is 2.12. The quantitative estimate of drug-likeness (QED) is 0.504. The van der Waals surface area contributed by atoms with Crippen molar-refractivity contribution >= 4 is 33.7 Å². The Kier molecular flexibility index (Phi) is 5.37. The number of nitrogens with zero attached hydrogens (tertiary/aromatic N) is 2. The van der Waals surface area contributed by atoms with Gasteiger partial charge in [0, 0.05) is 16.6 Å². The highest BCUT2D eigenvalue weighted by molar-refractivity contribution is 9.10. The van der Waals surface area contributed by atoms with Crippen LogP contribution in [-0.4, -0.2) is 17.0 Å². The Morgan fingerprint density at radius 1 is 1.27 bits per heavy atom. The minimum Gasteiger partial charge on any atom is -0.273 e. The van der Waals surface area contributed by atoms with E-state index >= 15 is 0 Å². The second kappa shape index (κ2) is 7.46. The molecule has 112 valence electrons. The molecule has 2 aromatic carbocycles. The Balaban J connectivity index is 1.89. The van der Waals surface area contributed by atoms with Crippen molar-refractivity contribution in [3.63, 3.8) is 0 Å². The summed E-state index contributed by atoms with van der Waals surface area (Å²) in [6.07, 6.45) is 1.65. The van der Waals surface area contributed by atoms with Gasteiger partial charge in [-0.05, 0) is 23.3 Å². The van der Waals surface area contributed by atoms with Crippen LogP contribution >= 0.6 is 15.9 Å². The fourth-order valence-corrected chi connectivity index (χ4v) is 2.14. The summed E-state index contributed by atoms with van der Waals surface area (Å²) in [5.74, 6) is -0.292. The zero-order valence-electron chi connectivity index (χ0n) is 11.4. The summed E-state index contributed by atoms with van der Waals surface area (Å²) in [6, 6.07) is 13.3. The number of non-ortho nitro benzene ring substituents is 1. The lowest BCUT2D eigenvalue weighted by molar-refractivity contribution is -0.384. The third-order valence-corrected chi connectivity index (χ3v) is 3.26. The SMILES string of the molecule is O=C(Cc1ccc([N+](=O)[O-])cc1)N/N=C\c1cccc(Br)c1. The lowest BCUT2D eigenvalue weighted by atomic mass is 10.1. The van der Waals surface area contributed by atoms with E-state index in [1.165, 1.54) is 12.1 Å². The van der Waals surface area contributed by atoms with Gasteiger partial charge in [0.25, 0.3) is 5.69 Å². The van der Waals surface area contributed by atoms with Crippen molar-refractivity contribution in [3.8, 4) is 0 Å². The highest BCUT2D eigenvalue weighted by Gasteiger charge is 2.06. The molecule has 0 aliphatic heterocycles. The molecule has 0 saturated carbocycles. The molecular formula is C15H12BrN3O3. The van der Waals surface area contributed by atoms with Crippen molar-refractivity contribution in [1.82, 2.24) is 5.43 Å². The fourth-order valence-electron chi connectivity index (χ4n) is 1.73. The van der Waals surface area contributed by atoms with Crippen molar-refractivity contribution < 1.29 is 9.72 Å². The molecule has 2 aromatic rings. The van der Waals surface area contributed by atoms with Gasteiger partial charge < -0.3 is 0 Å². The minimum absolute atomic E-state index is 0.00293. The maximum Gasteiger partial charge on any atom is 0.269 e. The molecule has 0 atom stereocenters. The van der Waals surface area contributed by atoms with Crippen LogP contribution in [0.2, 0.25) is 0 Å². The van der Waals surface area contributed by atoms with Crippen LogP contribution in [0.25, 0.3) is 0 Å². The number of nitro groups is 1. The van der Waals surface area contributed by atoms with Crippen LogP contribution in [0.5, 0.6) is 0 Å². The second-order valence-corrected chi connectivity index (χ2v) is 5.36. The van der Waals surface area contributed by atoms with Gasteiger partial charge in [0.15, 0.2) is 0 Å². The van der Waals surface area contributed by atoms with E-state index in [1.807, 2.05) is 24.3 Å². The maximum absolute atomic E-state index is 11.7. The highest BCUT2D eigenvalue weighted by atomic mass is 79.9. The van der Waals surface area contributed by atoms with Crippen molar-refractivity contribution in [3.05, 3.63) is 74.2 Å². The molecule has 22 heavy (non-hydrogen) atoms. The van der Waals surface area contributed by atoms with E-state index in [0.717, 1.165) is 10.0 Å². The Morgan fingerprint density at radius 3 is 2.64 bits per heavy atom. The lowest BCUT2D eigenvalue weighted by Crippen LogP contribution is -2.19. The predicted molar refractivity (Wildman–Crippen MR) is 86.7 cm³/mol. The molecule has 0 radical (unpaired) electrons. The number of nitrogens with one attached hydrogen (secondary N) is 1. The fraction of sp³-hybridized carbons (Fsp3) is 0.0667. The summed E-state index contributed by atoms with van der Waals surface area (Å²) >= 11 is 3.35. The molecule has 0 spiro atoms. The first-order valence-electron chi connectivity index (χ1n) is 6.35. The molecule has 0 fully saturated rings. The zero-order chi connectivity index (χ0) is 15.9. The second-order valence-electron chi connectivity index (χ2n) is 4.45. The normalized spacial score (nSPS) is 10.6. The first-order valence-corrected chi connectivity index (χ1v) is 7.15. The van der Waals surface area contributed by atoms with E-state index in [-0.39, 0.29) is 18.0 Å². The molecule has 0 aromatic heterocycles. The van der Waals surface area contributed by atoms with E-state index in [9.17, 15) is 14.9 Å². The molecule has 1 N–H and O–H groups in total. The average Bonchev–Trinajstić information content (AvgIpc) is 2.48. The Morgan fingerprint density at radius 2 is 2.00 bits per heavy atom. The van der Waals surface area contributed by atoms with E-state index in [0.29, 0.717) is 5.56 Å². The Bertz CT molecular complexity index is 714. The van der Waals surface area contributed by atoms with E-state index in [4.69, 9.17) is 0 Å². The van der Waals surface area contributed by atoms with Gasteiger partial charge in [-0.1, -0.05) is 40.2 Å². The van der Waals surface area contributed by atoms with Crippen molar-refractivity contribution in [2.24, 2.45) is 5.10 Å². The summed E-state index contributed by atoms with van der Waals surface area (Å²) < 4.78 is 0.925. The number of hydrogen-bond donors (Lipinski definition) is 1. The maximum atomic E-state index is 11.7. The summed E-state index contributed by atoms with van der Waals surface area (Å²) in [5.41, 5.74) is 3.95. The van der Waals surface area contributed by atoms with Crippen LogP contribution in [0, 0.1) is 10.1 Å². The number of rotatable bonds is 5. The van der Waals surface area contributed by atoms with Crippen LogP contribution in [-0.2, 0) is 11.2 Å². The lowest BCUT2D eigenvalue weighted by Gasteiger charge is -2.00. The number of benzene rings is 2. The zero-order valence-corrected chi connectivity index (χ0v) is 13.0. The molecule has 7 heteroatoms. The third kappa shape index (κ3) is 4.78. The molecule has 0 aliphatic carbocycles. The monoisotopic (exact) mass is 361 g/mol. The molecule has 2 rings (SSSR count). The van der Waals surface area contributed by atoms with Gasteiger partial charge in [-0.3, -0.25) is 14.9 Å². The Labute approximate surface area is 135 Å². The number of carbonyl (C=O) groups excluding carboxylic acids is 1. The first-order chi connectivity index (χ1) is 10.5. The van der Waals surface area contributed by atoms with Gasteiger partial charge >= 0.3 is 0 Å². The molecule has 0 saturated heterocycles. The standard InChI is InChI=1S/C15H12BrN3O3/c16-13-3-1-2-12(8-13)10-17-18-15(20)9-11-4-6-14(7-5-11)19(21)22/h1-8,10H,9H2,(H,18,20)/b17-10-. The molecule has 0 bridgehead atoms. The number of hydrazone groups is 1. The minimum atomic E-state index is -0.480. The molecular weight excluding hydrogens is 350 g/mol. The summed E-state index contributed by atoms with van der Waals surface area (Å²) in [4.78, 5) is 21.8. The molecule has 6 nitrogen and oxygen atoms in total.